The summed E-state index contributed by atoms with van der Waals surface area (Å²) in [6.45, 7) is 8.64. The summed E-state index contributed by atoms with van der Waals surface area (Å²) in [5.41, 5.74) is 5.34. The molecular formula is C14H25N3O3. The third-order valence-corrected chi connectivity index (χ3v) is 3.95. The molecule has 1 aromatic rings. The van der Waals surface area contributed by atoms with Crippen LogP contribution in [0.1, 0.15) is 51.2 Å². The molecule has 1 unspecified atom stereocenters. The molecule has 1 aliphatic rings. The van der Waals surface area contributed by atoms with Gasteiger partial charge in [0.05, 0.1) is 5.92 Å². The van der Waals surface area contributed by atoms with Gasteiger partial charge in [-0.15, -0.1) is 0 Å². The quantitative estimate of drug-likeness (QED) is 0.857. The van der Waals surface area contributed by atoms with Crippen LogP contribution in [0.4, 0.5) is 0 Å². The number of nitrogens with zero attached hydrogens (tertiary/aromatic N) is 2. The van der Waals surface area contributed by atoms with Crippen molar-refractivity contribution < 1.29 is 14.0 Å². The van der Waals surface area contributed by atoms with E-state index < -0.39 is 5.60 Å². The average Bonchev–Trinajstić information content (AvgIpc) is 2.90. The molecule has 0 radical (unpaired) electrons. The van der Waals surface area contributed by atoms with Gasteiger partial charge >= 0.3 is 0 Å². The normalized spacial score (nSPS) is 20.2. The monoisotopic (exact) mass is 283 g/mol. The van der Waals surface area contributed by atoms with Crippen molar-refractivity contribution in [2.45, 2.75) is 45.1 Å². The van der Waals surface area contributed by atoms with Crippen molar-refractivity contribution in [1.29, 1.82) is 0 Å². The average molecular weight is 283 g/mol. The van der Waals surface area contributed by atoms with Gasteiger partial charge in [0.1, 0.15) is 5.60 Å². The van der Waals surface area contributed by atoms with Crippen LogP contribution in [0, 0.1) is 5.92 Å². The standard InChI is InChI=1S/C14H25N3O3/c1-4-19-14(5-7-18-8-6-14)13-16-12(20-17-13)11(9-15)10(2)3/h10-11H,4-9,15H2,1-3H3. The Morgan fingerprint density at radius 3 is 2.60 bits per heavy atom. The summed E-state index contributed by atoms with van der Waals surface area (Å²) in [7, 11) is 0. The number of aromatic nitrogens is 2. The van der Waals surface area contributed by atoms with Crippen LogP contribution >= 0.6 is 0 Å². The summed E-state index contributed by atoms with van der Waals surface area (Å²) >= 11 is 0. The molecule has 6 heteroatoms. The third-order valence-electron chi connectivity index (χ3n) is 3.95. The van der Waals surface area contributed by atoms with E-state index in [0.29, 0.717) is 44.0 Å². The Hall–Kier alpha value is -0.980. The minimum atomic E-state index is -0.467. The van der Waals surface area contributed by atoms with E-state index in [4.69, 9.17) is 19.7 Å². The Balaban J connectivity index is 2.24. The van der Waals surface area contributed by atoms with E-state index in [2.05, 4.69) is 24.0 Å². The van der Waals surface area contributed by atoms with Crippen LogP contribution in [0.5, 0.6) is 0 Å². The molecule has 0 bridgehead atoms. The molecule has 0 saturated carbocycles. The molecule has 2 N–H and O–H groups in total. The third kappa shape index (κ3) is 3.02. The first-order chi connectivity index (χ1) is 9.63. The minimum absolute atomic E-state index is 0.0924. The summed E-state index contributed by atoms with van der Waals surface area (Å²) in [4.78, 5) is 4.58. The van der Waals surface area contributed by atoms with Crippen molar-refractivity contribution in [3.63, 3.8) is 0 Å². The van der Waals surface area contributed by atoms with Crippen LogP contribution in [0.3, 0.4) is 0 Å². The number of hydrogen-bond donors (Lipinski definition) is 1. The summed E-state index contributed by atoms with van der Waals surface area (Å²) < 4.78 is 16.8. The molecule has 1 atom stereocenters. The Morgan fingerprint density at radius 1 is 1.35 bits per heavy atom. The molecular weight excluding hydrogens is 258 g/mol. The first-order valence-electron chi connectivity index (χ1n) is 7.39. The van der Waals surface area contributed by atoms with Gasteiger partial charge in [0.25, 0.3) is 0 Å². The largest absolute Gasteiger partial charge is 0.381 e. The molecule has 1 saturated heterocycles. The van der Waals surface area contributed by atoms with Crippen molar-refractivity contribution in [1.82, 2.24) is 10.1 Å². The van der Waals surface area contributed by atoms with Gasteiger partial charge < -0.3 is 19.7 Å². The van der Waals surface area contributed by atoms with Crippen LogP contribution in [0.25, 0.3) is 0 Å². The fourth-order valence-corrected chi connectivity index (χ4v) is 2.64. The number of hydrogen-bond acceptors (Lipinski definition) is 6. The fourth-order valence-electron chi connectivity index (χ4n) is 2.64. The maximum Gasteiger partial charge on any atom is 0.231 e. The van der Waals surface area contributed by atoms with E-state index in [-0.39, 0.29) is 5.92 Å². The Kier molecular flexibility index (Phi) is 5.12. The lowest BCUT2D eigenvalue weighted by molar-refractivity contribution is -0.118. The van der Waals surface area contributed by atoms with Gasteiger partial charge in [0.2, 0.25) is 11.7 Å². The van der Waals surface area contributed by atoms with Crippen molar-refractivity contribution in [2.75, 3.05) is 26.4 Å². The van der Waals surface area contributed by atoms with Gasteiger partial charge in [-0.05, 0) is 12.8 Å². The lowest BCUT2D eigenvalue weighted by Crippen LogP contribution is -2.37. The highest BCUT2D eigenvalue weighted by Crippen LogP contribution is 2.35. The van der Waals surface area contributed by atoms with Crippen molar-refractivity contribution in [3.05, 3.63) is 11.7 Å². The van der Waals surface area contributed by atoms with Gasteiger partial charge in [-0.3, -0.25) is 0 Å². The maximum absolute atomic E-state index is 5.95. The fraction of sp³-hybridized carbons (Fsp3) is 0.857. The molecule has 0 spiro atoms. The van der Waals surface area contributed by atoms with Crippen molar-refractivity contribution in [3.8, 4) is 0 Å². The number of rotatable bonds is 6. The zero-order chi connectivity index (χ0) is 14.6. The van der Waals surface area contributed by atoms with E-state index >= 15 is 0 Å². The predicted molar refractivity (Wildman–Crippen MR) is 74.3 cm³/mol. The van der Waals surface area contributed by atoms with E-state index in [1.165, 1.54) is 0 Å². The highest BCUT2D eigenvalue weighted by Gasteiger charge is 2.40. The molecule has 0 amide bonds. The van der Waals surface area contributed by atoms with Crippen molar-refractivity contribution in [2.24, 2.45) is 11.7 Å². The molecule has 2 heterocycles. The first-order valence-corrected chi connectivity index (χ1v) is 7.39. The maximum atomic E-state index is 5.95. The molecule has 1 fully saturated rings. The second-order valence-electron chi connectivity index (χ2n) is 5.58. The van der Waals surface area contributed by atoms with Crippen LogP contribution in [-0.4, -0.2) is 36.5 Å². The summed E-state index contributed by atoms with van der Waals surface area (Å²) in [6.07, 6.45) is 1.52. The Morgan fingerprint density at radius 2 is 2.05 bits per heavy atom. The topological polar surface area (TPSA) is 83.4 Å². The lowest BCUT2D eigenvalue weighted by Gasteiger charge is -2.33. The molecule has 114 valence electrons. The van der Waals surface area contributed by atoms with Gasteiger partial charge in [0, 0.05) is 39.2 Å². The van der Waals surface area contributed by atoms with Crippen molar-refractivity contribution >= 4 is 0 Å². The molecule has 0 aromatic carbocycles. The van der Waals surface area contributed by atoms with Gasteiger partial charge in [-0.25, -0.2) is 0 Å². The summed E-state index contributed by atoms with van der Waals surface area (Å²) in [5.74, 6) is 1.71. The summed E-state index contributed by atoms with van der Waals surface area (Å²) in [5, 5.41) is 4.16. The first kappa shape index (κ1) is 15.4. The van der Waals surface area contributed by atoms with E-state index in [0.717, 1.165) is 12.8 Å². The number of ether oxygens (including phenoxy) is 2. The predicted octanol–water partition coefficient (Wildman–Crippen LogP) is 1.81. The smallest absolute Gasteiger partial charge is 0.231 e. The zero-order valence-corrected chi connectivity index (χ0v) is 12.6. The molecule has 2 rings (SSSR count). The Labute approximate surface area is 120 Å². The molecule has 20 heavy (non-hydrogen) atoms. The Bertz CT molecular complexity index is 408. The highest BCUT2D eigenvalue weighted by atomic mass is 16.5. The molecule has 6 nitrogen and oxygen atoms in total. The van der Waals surface area contributed by atoms with E-state index in [9.17, 15) is 0 Å². The second kappa shape index (κ2) is 6.65. The molecule has 1 aromatic heterocycles. The van der Waals surface area contributed by atoms with Crippen LogP contribution in [0.2, 0.25) is 0 Å². The van der Waals surface area contributed by atoms with Crippen LogP contribution in [-0.2, 0) is 15.1 Å². The van der Waals surface area contributed by atoms with E-state index in [1.807, 2.05) is 6.92 Å². The highest BCUT2D eigenvalue weighted by molar-refractivity contribution is 5.06. The minimum Gasteiger partial charge on any atom is -0.381 e. The van der Waals surface area contributed by atoms with Gasteiger partial charge in [-0.1, -0.05) is 19.0 Å². The van der Waals surface area contributed by atoms with Crippen LogP contribution < -0.4 is 5.73 Å². The SMILES string of the molecule is CCOC1(c2noc(C(CN)C(C)C)n2)CCOCC1. The lowest BCUT2D eigenvalue weighted by atomic mass is 9.92. The van der Waals surface area contributed by atoms with Gasteiger partial charge in [-0.2, -0.15) is 4.98 Å². The second-order valence-corrected chi connectivity index (χ2v) is 5.58. The summed E-state index contributed by atoms with van der Waals surface area (Å²) in [6, 6.07) is 0. The van der Waals surface area contributed by atoms with Crippen LogP contribution in [0.15, 0.2) is 4.52 Å². The molecule has 0 aliphatic carbocycles. The zero-order valence-electron chi connectivity index (χ0n) is 12.6. The number of nitrogens with two attached hydrogens (primary N) is 1. The van der Waals surface area contributed by atoms with Gasteiger partial charge in [0.15, 0.2) is 0 Å². The van der Waals surface area contributed by atoms with E-state index in [1.54, 1.807) is 0 Å². The molecule has 1 aliphatic heterocycles.